The summed E-state index contributed by atoms with van der Waals surface area (Å²) in [6.07, 6.45) is 2.10. The molecule has 2 aliphatic heterocycles. The number of fused-ring (bicyclic) bond motifs is 1. The molecule has 0 spiro atoms. The monoisotopic (exact) mass is 449 g/mol. The Morgan fingerprint density at radius 1 is 1.12 bits per heavy atom. The van der Waals surface area contributed by atoms with E-state index in [1.807, 2.05) is 48.2 Å². The number of thiazole rings is 1. The van der Waals surface area contributed by atoms with Gasteiger partial charge in [-0.3, -0.25) is 9.59 Å². The van der Waals surface area contributed by atoms with E-state index in [1.165, 1.54) is 9.71 Å². The lowest BCUT2D eigenvalue weighted by atomic mass is 9.96. The van der Waals surface area contributed by atoms with Crippen molar-refractivity contribution in [3.63, 3.8) is 0 Å². The first kappa shape index (κ1) is 20.9. The molecule has 5 rings (SSSR count). The summed E-state index contributed by atoms with van der Waals surface area (Å²) < 4.78 is 6.91. The maximum Gasteiger partial charge on any atom is 0.228 e. The van der Waals surface area contributed by atoms with Crippen LogP contribution in [0.5, 0.6) is 5.75 Å². The lowest BCUT2D eigenvalue weighted by molar-refractivity contribution is -0.136. The molecule has 3 aromatic rings. The SMILES string of the molecule is CCOc1ccccc1N1C[C@@H](C(=O)N2CCC(c3nc4ccccc4s3)CC2)CC1=O. The highest BCUT2D eigenvalue weighted by Gasteiger charge is 2.39. The highest BCUT2D eigenvalue weighted by atomic mass is 32.1. The van der Waals surface area contributed by atoms with Gasteiger partial charge in [0, 0.05) is 32.0 Å². The Kier molecular flexibility index (Phi) is 5.83. The Morgan fingerprint density at radius 2 is 1.88 bits per heavy atom. The molecule has 0 bridgehead atoms. The van der Waals surface area contributed by atoms with Crippen molar-refractivity contribution >= 4 is 39.1 Å². The number of likely N-dealkylation sites (tertiary alicyclic amines) is 1. The zero-order valence-electron chi connectivity index (χ0n) is 18.2. The van der Waals surface area contributed by atoms with Crippen LogP contribution in [0.2, 0.25) is 0 Å². The van der Waals surface area contributed by atoms with Crippen LogP contribution in [0.15, 0.2) is 48.5 Å². The number of ether oxygens (including phenoxy) is 1. The molecule has 2 aromatic carbocycles. The number of para-hydroxylation sites is 3. The van der Waals surface area contributed by atoms with Crippen LogP contribution >= 0.6 is 11.3 Å². The number of piperidine rings is 1. The Hall–Kier alpha value is -2.93. The first-order valence-electron chi connectivity index (χ1n) is 11.3. The van der Waals surface area contributed by atoms with E-state index in [0.717, 1.165) is 37.1 Å². The van der Waals surface area contributed by atoms with Crippen LogP contribution < -0.4 is 9.64 Å². The molecule has 7 heteroatoms. The summed E-state index contributed by atoms with van der Waals surface area (Å²) in [5.41, 5.74) is 1.81. The predicted octanol–water partition coefficient (Wildman–Crippen LogP) is 4.45. The number of rotatable bonds is 5. The average Bonchev–Trinajstić information content (AvgIpc) is 3.43. The van der Waals surface area contributed by atoms with Gasteiger partial charge in [0.05, 0.1) is 33.4 Å². The molecule has 0 unspecified atom stereocenters. The smallest absolute Gasteiger partial charge is 0.228 e. The normalized spacial score (nSPS) is 19.7. The van der Waals surface area contributed by atoms with Crippen LogP contribution in [-0.4, -0.2) is 47.9 Å². The Bertz CT molecular complexity index is 1100. The minimum Gasteiger partial charge on any atom is -0.492 e. The van der Waals surface area contributed by atoms with Gasteiger partial charge in [0.2, 0.25) is 11.8 Å². The molecule has 0 saturated carbocycles. The first-order valence-corrected chi connectivity index (χ1v) is 12.1. The van der Waals surface area contributed by atoms with E-state index in [-0.39, 0.29) is 24.2 Å². The van der Waals surface area contributed by atoms with E-state index < -0.39 is 0 Å². The number of benzene rings is 2. The second-order valence-electron chi connectivity index (χ2n) is 8.43. The highest BCUT2D eigenvalue weighted by Crippen LogP contribution is 2.36. The second-order valence-corrected chi connectivity index (χ2v) is 9.49. The van der Waals surface area contributed by atoms with Gasteiger partial charge in [0.25, 0.3) is 0 Å². The molecule has 2 saturated heterocycles. The molecule has 0 radical (unpaired) electrons. The molecule has 0 N–H and O–H groups in total. The number of hydrogen-bond donors (Lipinski definition) is 0. The predicted molar refractivity (Wildman–Crippen MR) is 126 cm³/mol. The van der Waals surface area contributed by atoms with Gasteiger partial charge < -0.3 is 14.5 Å². The molecular weight excluding hydrogens is 422 g/mol. The Labute approximate surface area is 191 Å². The van der Waals surface area contributed by atoms with Gasteiger partial charge in [-0.05, 0) is 44.0 Å². The van der Waals surface area contributed by atoms with Gasteiger partial charge >= 0.3 is 0 Å². The molecule has 3 heterocycles. The van der Waals surface area contributed by atoms with E-state index in [2.05, 4.69) is 12.1 Å². The Balaban J connectivity index is 1.22. The van der Waals surface area contributed by atoms with Gasteiger partial charge in [-0.1, -0.05) is 24.3 Å². The number of carbonyl (C=O) groups excluding carboxylic acids is 2. The molecule has 2 amide bonds. The van der Waals surface area contributed by atoms with Crippen molar-refractivity contribution in [2.45, 2.75) is 32.1 Å². The zero-order valence-corrected chi connectivity index (χ0v) is 19.0. The zero-order chi connectivity index (χ0) is 22.1. The number of carbonyl (C=O) groups is 2. The standard InChI is InChI=1S/C25H27N3O3S/c1-2-31-21-9-5-4-8-20(21)28-16-18(15-23(28)29)25(30)27-13-11-17(12-14-27)24-26-19-7-3-6-10-22(19)32-24/h3-10,17-18H,2,11-16H2,1H3/t18-/m0/s1. The van der Waals surface area contributed by atoms with Crippen molar-refractivity contribution < 1.29 is 14.3 Å². The molecule has 166 valence electrons. The van der Waals surface area contributed by atoms with Gasteiger partial charge in [-0.15, -0.1) is 11.3 Å². The third-order valence-corrected chi connectivity index (χ3v) is 7.60. The van der Waals surface area contributed by atoms with E-state index in [9.17, 15) is 9.59 Å². The van der Waals surface area contributed by atoms with Crippen LogP contribution in [0.4, 0.5) is 5.69 Å². The van der Waals surface area contributed by atoms with Crippen molar-refractivity contribution in [3.05, 3.63) is 53.5 Å². The van der Waals surface area contributed by atoms with Crippen LogP contribution in [-0.2, 0) is 9.59 Å². The lowest BCUT2D eigenvalue weighted by Gasteiger charge is -2.32. The number of amides is 2. The summed E-state index contributed by atoms with van der Waals surface area (Å²) in [5.74, 6) is 0.873. The van der Waals surface area contributed by atoms with Crippen molar-refractivity contribution in [2.24, 2.45) is 5.92 Å². The maximum absolute atomic E-state index is 13.2. The van der Waals surface area contributed by atoms with Crippen LogP contribution in [0.25, 0.3) is 10.2 Å². The van der Waals surface area contributed by atoms with Crippen LogP contribution in [0.1, 0.15) is 37.1 Å². The number of nitrogens with zero attached hydrogens (tertiary/aromatic N) is 3. The summed E-state index contributed by atoms with van der Waals surface area (Å²) in [7, 11) is 0. The fourth-order valence-corrected chi connectivity index (χ4v) is 5.87. The summed E-state index contributed by atoms with van der Waals surface area (Å²) in [6, 6.07) is 15.8. The third-order valence-electron chi connectivity index (χ3n) is 6.40. The second kappa shape index (κ2) is 8.90. The van der Waals surface area contributed by atoms with E-state index in [0.29, 0.717) is 24.8 Å². The van der Waals surface area contributed by atoms with Crippen LogP contribution in [0, 0.1) is 5.92 Å². The van der Waals surface area contributed by atoms with Crippen LogP contribution in [0.3, 0.4) is 0 Å². The number of hydrogen-bond acceptors (Lipinski definition) is 5. The molecule has 2 aliphatic rings. The summed E-state index contributed by atoms with van der Waals surface area (Å²) >= 11 is 1.76. The minimum absolute atomic E-state index is 0.0140. The molecular formula is C25H27N3O3S. The van der Waals surface area contributed by atoms with Gasteiger partial charge in [0.1, 0.15) is 5.75 Å². The van der Waals surface area contributed by atoms with E-state index in [4.69, 9.17) is 9.72 Å². The van der Waals surface area contributed by atoms with Crippen molar-refractivity contribution in [1.82, 2.24) is 9.88 Å². The topological polar surface area (TPSA) is 62.7 Å². The average molecular weight is 450 g/mol. The third kappa shape index (κ3) is 3.97. The number of anilines is 1. The fourth-order valence-electron chi connectivity index (χ4n) is 4.73. The highest BCUT2D eigenvalue weighted by molar-refractivity contribution is 7.18. The summed E-state index contributed by atoms with van der Waals surface area (Å²) in [6.45, 7) is 4.32. The number of aromatic nitrogens is 1. The summed E-state index contributed by atoms with van der Waals surface area (Å²) in [4.78, 5) is 34.4. The molecule has 6 nitrogen and oxygen atoms in total. The molecule has 1 aromatic heterocycles. The van der Waals surface area contributed by atoms with E-state index >= 15 is 0 Å². The van der Waals surface area contributed by atoms with Gasteiger partial charge in [-0.2, -0.15) is 0 Å². The first-order chi connectivity index (χ1) is 15.6. The minimum atomic E-state index is -0.295. The van der Waals surface area contributed by atoms with E-state index in [1.54, 1.807) is 16.2 Å². The Morgan fingerprint density at radius 3 is 2.66 bits per heavy atom. The molecule has 32 heavy (non-hydrogen) atoms. The largest absolute Gasteiger partial charge is 0.492 e. The molecule has 0 aliphatic carbocycles. The molecule has 2 fully saturated rings. The quantitative estimate of drug-likeness (QED) is 0.577. The fraction of sp³-hybridized carbons (Fsp3) is 0.400. The van der Waals surface area contributed by atoms with Gasteiger partial charge in [-0.25, -0.2) is 4.98 Å². The maximum atomic E-state index is 13.2. The van der Waals surface area contributed by atoms with Gasteiger partial charge in [0.15, 0.2) is 0 Å². The van der Waals surface area contributed by atoms with Crippen molar-refractivity contribution in [1.29, 1.82) is 0 Å². The molecule has 1 atom stereocenters. The van der Waals surface area contributed by atoms with Crippen molar-refractivity contribution in [3.8, 4) is 5.75 Å². The summed E-state index contributed by atoms with van der Waals surface area (Å²) in [5, 5.41) is 1.17. The van der Waals surface area contributed by atoms with Crippen molar-refractivity contribution in [2.75, 3.05) is 31.1 Å². The lowest BCUT2D eigenvalue weighted by Crippen LogP contribution is -2.42.